The fourth-order valence-corrected chi connectivity index (χ4v) is 1.85. The molecule has 20 heavy (non-hydrogen) atoms. The van der Waals surface area contributed by atoms with Gasteiger partial charge in [-0.3, -0.25) is 4.98 Å². The topological polar surface area (TPSA) is 48.4 Å². The normalized spacial score (nSPS) is 10.9. The maximum Gasteiger partial charge on any atom is 0.349 e. The van der Waals surface area contributed by atoms with E-state index in [1.807, 2.05) is 36.4 Å². The number of aromatic nitrogens is 1. The molecule has 0 spiro atoms. The molecule has 0 radical (unpaired) electrons. The summed E-state index contributed by atoms with van der Waals surface area (Å²) in [5.41, 5.74) is 0.951. The van der Waals surface area contributed by atoms with E-state index in [1.54, 1.807) is 26.2 Å². The van der Waals surface area contributed by atoms with Crippen molar-refractivity contribution in [2.45, 2.75) is 19.4 Å². The zero-order valence-electron chi connectivity index (χ0n) is 11.8. The number of ether oxygens (including phenoxy) is 2. The van der Waals surface area contributed by atoms with Crippen molar-refractivity contribution >= 4 is 5.97 Å². The van der Waals surface area contributed by atoms with Crippen molar-refractivity contribution < 1.29 is 14.3 Å². The van der Waals surface area contributed by atoms with Gasteiger partial charge in [-0.15, -0.1) is 0 Å². The SMILES string of the molecule is COC(=O)C(C)(C)Oc1cccc(-c2cccnc2)c1. The number of benzene rings is 1. The van der Waals surface area contributed by atoms with Crippen LogP contribution in [0.5, 0.6) is 5.75 Å². The number of carbonyl (C=O) groups excluding carboxylic acids is 1. The molecular weight excluding hydrogens is 254 g/mol. The predicted octanol–water partition coefficient (Wildman–Crippen LogP) is 3.08. The summed E-state index contributed by atoms with van der Waals surface area (Å²) in [7, 11) is 1.35. The summed E-state index contributed by atoms with van der Waals surface area (Å²) >= 11 is 0. The molecule has 1 aromatic heterocycles. The van der Waals surface area contributed by atoms with Crippen LogP contribution >= 0.6 is 0 Å². The zero-order chi connectivity index (χ0) is 14.6. The quantitative estimate of drug-likeness (QED) is 0.802. The monoisotopic (exact) mass is 271 g/mol. The van der Waals surface area contributed by atoms with Gasteiger partial charge in [0.15, 0.2) is 5.60 Å². The lowest BCUT2D eigenvalue weighted by Gasteiger charge is -2.23. The number of hydrogen-bond acceptors (Lipinski definition) is 4. The van der Waals surface area contributed by atoms with Crippen molar-refractivity contribution in [3.8, 4) is 16.9 Å². The van der Waals surface area contributed by atoms with E-state index >= 15 is 0 Å². The summed E-state index contributed by atoms with van der Waals surface area (Å²) in [6.45, 7) is 3.35. The van der Waals surface area contributed by atoms with Crippen molar-refractivity contribution in [2.75, 3.05) is 7.11 Å². The van der Waals surface area contributed by atoms with Crippen LogP contribution in [0.4, 0.5) is 0 Å². The third-order valence-electron chi connectivity index (χ3n) is 2.88. The Morgan fingerprint density at radius 1 is 1.15 bits per heavy atom. The highest BCUT2D eigenvalue weighted by Gasteiger charge is 2.31. The van der Waals surface area contributed by atoms with Crippen LogP contribution in [0.2, 0.25) is 0 Å². The summed E-state index contributed by atoms with van der Waals surface area (Å²) in [5, 5.41) is 0. The minimum absolute atomic E-state index is 0.413. The molecule has 2 aromatic rings. The molecule has 0 N–H and O–H groups in total. The second-order valence-corrected chi connectivity index (χ2v) is 4.87. The molecule has 0 atom stereocenters. The second-order valence-electron chi connectivity index (χ2n) is 4.87. The molecular formula is C16H17NO3. The summed E-state index contributed by atoms with van der Waals surface area (Å²) in [4.78, 5) is 15.7. The number of rotatable bonds is 4. The van der Waals surface area contributed by atoms with Crippen LogP contribution in [-0.2, 0) is 9.53 Å². The second kappa shape index (κ2) is 5.74. The van der Waals surface area contributed by atoms with Crippen molar-refractivity contribution in [1.82, 2.24) is 4.98 Å². The first-order valence-corrected chi connectivity index (χ1v) is 6.31. The van der Waals surface area contributed by atoms with Gasteiger partial charge in [0, 0.05) is 18.0 Å². The van der Waals surface area contributed by atoms with Crippen LogP contribution in [-0.4, -0.2) is 23.7 Å². The Morgan fingerprint density at radius 2 is 1.90 bits per heavy atom. The molecule has 0 saturated carbocycles. The van der Waals surface area contributed by atoms with Crippen LogP contribution in [0.1, 0.15) is 13.8 Å². The van der Waals surface area contributed by atoms with E-state index in [9.17, 15) is 4.79 Å². The summed E-state index contributed by atoms with van der Waals surface area (Å²) in [5.74, 6) is 0.200. The van der Waals surface area contributed by atoms with Crippen molar-refractivity contribution in [2.24, 2.45) is 0 Å². The van der Waals surface area contributed by atoms with Crippen molar-refractivity contribution in [3.05, 3.63) is 48.8 Å². The van der Waals surface area contributed by atoms with Gasteiger partial charge >= 0.3 is 5.97 Å². The van der Waals surface area contributed by atoms with Crippen LogP contribution in [0.3, 0.4) is 0 Å². The summed E-state index contributed by atoms with van der Waals surface area (Å²) in [6.07, 6.45) is 3.51. The highest BCUT2D eigenvalue weighted by atomic mass is 16.6. The standard InChI is InChI=1S/C16H17NO3/c1-16(2,15(18)19-3)20-14-8-4-6-12(10-14)13-7-5-9-17-11-13/h4-11H,1-3H3. The lowest BCUT2D eigenvalue weighted by Crippen LogP contribution is -2.39. The molecule has 104 valence electrons. The van der Waals surface area contributed by atoms with Crippen molar-refractivity contribution in [3.63, 3.8) is 0 Å². The molecule has 0 unspecified atom stereocenters. The number of hydrogen-bond donors (Lipinski definition) is 0. The van der Waals surface area contributed by atoms with Gasteiger partial charge in [-0.1, -0.05) is 18.2 Å². The molecule has 4 nitrogen and oxygen atoms in total. The molecule has 2 rings (SSSR count). The predicted molar refractivity (Wildman–Crippen MR) is 76.4 cm³/mol. The van der Waals surface area contributed by atoms with E-state index in [2.05, 4.69) is 4.98 Å². The van der Waals surface area contributed by atoms with E-state index in [1.165, 1.54) is 7.11 Å². The Labute approximate surface area is 118 Å². The molecule has 0 amide bonds. The average molecular weight is 271 g/mol. The highest BCUT2D eigenvalue weighted by molar-refractivity contribution is 5.79. The molecule has 0 saturated heterocycles. The van der Waals surface area contributed by atoms with E-state index in [-0.39, 0.29) is 0 Å². The molecule has 0 aliphatic heterocycles. The van der Waals surface area contributed by atoms with Gasteiger partial charge in [-0.05, 0) is 37.6 Å². The molecule has 0 aliphatic carbocycles. The third kappa shape index (κ3) is 3.15. The van der Waals surface area contributed by atoms with Gasteiger partial charge in [0.05, 0.1) is 7.11 Å². The number of pyridine rings is 1. The summed E-state index contributed by atoms with van der Waals surface area (Å²) < 4.78 is 10.4. The van der Waals surface area contributed by atoms with Crippen LogP contribution in [0.25, 0.3) is 11.1 Å². The maximum atomic E-state index is 11.6. The van der Waals surface area contributed by atoms with Gasteiger partial charge in [-0.2, -0.15) is 0 Å². The molecule has 1 heterocycles. The Morgan fingerprint density at radius 3 is 2.55 bits per heavy atom. The van der Waals surface area contributed by atoms with Gasteiger partial charge in [-0.25, -0.2) is 4.79 Å². The van der Waals surface area contributed by atoms with Crippen molar-refractivity contribution in [1.29, 1.82) is 0 Å². The minimum Gasteiger partial charge on any atom is -0.476 e. The molecule has 4 heteroatoms. The third-order valence-corrected chi connectivity index (χ3v) is 2.88. The zero-order valence-corrected chi connectivity index (χ0v) is 11.8. The van der Waals surface area contributed by atoms with Gasteiger partial charge in [0.2, 0.25) is 0 Å². The lowest BCUT2D eigenvalue weighted by molar-refractivity contribution is -0.156. The van der Waals surface area contributed by atoms with E-state index in [4.69, 9.17) is 9.47 Å². The number of nitrogens with zero attached hydrogens (tertiary/aromatic N) is 1. The van der Waals surface area contributed by atoms with E-state index in [0.717, 1.165) is 11.1 Å². The minimum atomic E-state index is -1.03. The molecule has 0 aliphatic rings. The fourth-order valence-electron chi connectivity index (χ4n) is 1.85. The summed E-state index contributed by atoms with van der Waals surface area (Å²) in [6, 6.07) is 11.4. The van der Waals surface area contributed by atoms with E-state index < -0.39 is 11.6 Å². The highest BCUT2D eigenvalue weighted by Crippen LogP contribution is 2.26. The lowest BCUT2D eigenvalue weighted by atomic mass is 10.1. The Balaban J connectivity index is 2.25. The average Bonchev–Trinajstić information content (AvgIpc) is 2.47. The van der Waals surface area contributed by atoms with Crippen LogP contribution in [0.15, 0.2) is 48.8 Å². The first-order valence-electron chi connectivity index (χ1n) is 6.31. The molecule has 0 bridgehead atoms. The van der Waals surface area contributed by atoms with Crippen LogP contribution < -0.4 is 4.74 Å². The number of methoxy groups -OCH3 is 1. The first kappa shape index (κ1) is 14.1. The number of carbonyl (C=O) groups is 1. The molecule has 1 aromatic carbocycles. The Bertz CT molecular complexity index is 594. The van der Waals surface area contributed by atoms with E-state index in [0.29, 0.717) is 5.75 Å². The fraction of sp³-hybridized carbons (Fsp3) is 0.250. The largest absolute Gasteiger partial charge is 0.476 e. The maximum absolute atomic E-state index is 11.6. The first-order chi connectivity index (χ1) is 9.53. The van der Waals surface area contributed by atoms with Gasteiger partial charge in [0.25, 0.3) is 0 Å². The molecule has 0 fully saturated rings. The Kier molecular flexibility index (Phi) is 4.03. The van der Waals surface area contributed by atoms with Gasteiger partial charge < -0.3 is 9.47 Å². The van der Waals surface area contributed by atoms with Crippen LogP contribution in [0, 0.1) is 0 Å². The number of esters is 1. The van der Waals surface area contributed by atoms with Gasteiger partial charge in [0.1, 0.15) is 5.75 Å². The Hall–Kier alpha value is -2.36. The smallest absolute Gasteiger partial charge is 0.349 e.